The number of amides is 2. The Labute approximate surface area is 270 Å². The van der Waals surface area contributed by atoms with Crippen molar-refractivity contribution in [3.8, 4) is 17.3 Å². The first kappa shape index (κ1) is 34.6. The largest absolute Gasteiger partial charge is 0.483 e. The van der Waals surface area contributed by atoms with Gasteiger partial charge in [-0.3, -0.25) is 23.5 Å². The molecule has 15 nitrogen and oxygen atoms in total. The zero-order valence-electron chi connectivity index (χ0n) is 24.5. The molecule has 6 N–H and O–H groups in total. The van der Waals surface area contributed by atoms with E-state index < -0.39 is 17.8 Å². The fourth-order valence-electron chi connectivity index (χ4n) is 4.71. The number of fused-ring (bicyclic) bond motifs is 1. The molecule has 1 saturated heterocycles. The Morgan fingerprint density at radius 3 is 2.72 bits per heavy atom. The number of carbonyl (C=O) groups is 3. The monoisotopic (exact) mass is 675 g/mol. The van der Waals surface area contributed by atoms with Crippen LogP contribution in [0.1, 0.15) is 22.5 Å². The lowest BCUT2D eigenvalue weighted by molar-refractivity contribution is -0.141. The highest BCUT2D eigenvalue weighted by Crippen LogP contribution is 2.37. The zero-order valence-corrected chi connectivity index (χ0v) is 25.3. The summed E-state index contributed by atoms with van der Waals surface area (Å²) in [6.45, 7) is 1.84. The summed E-state index contributed by atoms with van der Waals surface area (Å²) in [5.41, 5.74) is -0.363. The summed E-state index contributed by atoms with van der Waals surface area (Å²) in [6, 6.07) is 6.55. The van der Waals surface area contributed by atoms with Gasteiger partial charge in [0.1, 0.15) is 6.54 Å². The van der Waals surface area contributed by atoms with Crippen molar-refractivity contribution < 1.29 is 32.7 Å². The quantitative estimate of drug-likeness (QED) is 0.100. The second kappa shape index (κ2) is 15.8. The number of rotatable bonds is 11. The van der Waals surface area contributed by atoms with Gasteiger partial charge < -0.3 is 31.7 Å². The fourth-order valence-corrected chi connectivity index (χ4v) is 4.98. The fraction of sp³-hybridized carbons (Fsp3) is 0.321. The van der Waals surface area contributed by atoms with E-state index in [0.29, 0.717) is 12.2 Å². The van der Waals surface area contributed by atoms with Crippen LogP contribution in [0.3, 0.4) is 0 Å². The van der Waals surface area contributed by atoms with E-state index in [4.69, 9.17) is 26.8 Å². The van der Waals surface area contributed by atoms with Crippen LogP contribution < -0.4 is 26.6 Å². The van der Waals surface area contributed by atoms with Gasteiger partial charge in [-0.05, 0) is 31.2 Å². The first-order chi connectivity index (χ1) is 22.5. The number of nitrogens with one attached hydrogen (secondary N) is 5. The molecule has 47 heavy (non-hydrogen) atoms. The van der Waals surface area contributed by atoms with E-state index in [1.807, 2.05) is 0 Å². The van der Waals surface area contributed by atoms with Crippen molar-refractivity contribution in [3.05, 3.63) is 59.3 Å². The maximum atomic E-state index is 13.7. The van der Waals surface area contributed by atoms with Gasteiger partial charge in [-0.1, -0.05) is 11.6 Å². The Bertz CT molecular complexity index is 1760. The molecule has 0 radical (unpaired) electrons. The standard InChI is InChI=1S/C27H27ClF3N11O2.CH2O2/c28-20-11-16(1-2-18(20)26(44)36-7-6-34-14-22(43)38-17-3-5-33-12-17)39-24-25-37-13-21(42(25)10-8-35-24)19-15-41(9-4-32)40-23(19)27(29,30)31;2-1-3/h1-2,8,10-11,13,15,17,33-34H,3,5-7,9,12,14H2,(H,35,39)(H,36,44)(H,38,43);1H,(H,2,3). The minimum absolute atomic E-state index is 0.105. The maximum absolute atomic E-state index is 13.7. The van der Waals surface area contributed by atoms with E-state index in [1.165, 1.54) is 35.1 Å². The zero-order chi connectivity index (χ0) is 34.0. The number of aromatic nitrogens is 5. The molecule has 1 atom stereocenters. The number of hydrogen-bond acceptors (Lipinski definition) is 10. The summed E-state index contributed by atoms with van der Waals surface area (Å²) in [5.74, 6) is -0.282. The van der Waals surface area contributed by atoms with Crippen LogP contribution >= 0.6 is 11.6 Å². The van der Waals surface area contributed by atoms with Crippen LogP contribution in [0.25, 0.3) is 16.9 Å². The molecule has 1 aromatic carbocycles. The van der Waals surface area contributed by atoms with Gasteiger partial charge in [0.05, 0.1) is 40.7 Å². The Kier molecular flexibility index (Phi) is 11.7. The molecule has 248 valence electrons. The average Bonchev–Trinajstić information content (AvgIpc) is 3.78. The molecular weight excluding hydrogens is 647 g/mol. The van der Waals surface area contributed by atoms with Gasteiger partial charge in [-0.25, -0.2) is 9.97 Å². The molecule has 1 aliphatic rings. The molecular formula is C28H29ClF3N11O4. The molecule has 0 saturated carbocycles. The average molecular weight is 676 g/mol. The van der Waals surface area contributed by atoms with E-state index in [9.17, 15) is 22.8 Å². The number of alkyl halides is 3. The van der Waals surface area contributed by atoms with E-state index in [2.05, 4.69) is 41.7 Å². The van der Waals surface area contributed by atoms with E-state index >= 15 is 0 Å². The predicted molar refractivity (Wildman–Crippen MR) is 163 cm³/mol. The number of carbonyl (C=O) groups excluding carboxylic acids is 2. The van der Waals surface area contributed by atoms with Crippen molar-refractivity contribution in [2.45, 2.75) is 25.2 Å². The smallest absolute Gasteiger partial charge is 0.435 e. The second-order valence-electron chi connectivity index (χ2n) is 9.97. The SMILES string of the molecule is N#CCn1cc(-c2cnc3c(Nc4ccc(C(=O)NCCNCC(=O)NC5CCNC5)c(Cl)c4)nccn23)c(C(F)(F)F)n1.O=CO. The third-order valence-electron chi connectivity index (χ3n) is 6.74. The van der Waals surface area contributed by atoms with Gasteiger partial charge in [0, 0.05) is 50.0 Å². The number of imidazole rings is 1. The summed E-state index contributed by atoms with van der Waals surface area (Å²) in [7, 11) is 0. The van der Waals surface area contributed by atoms with Crippen molar-refractivity contribution in [2.24, 2.45) is 0 Å². The summed E-state index contributed by atoms with van der Waals surface area (Å²) >= 11 is 6.39. The molecule has 0 spiro atoms. The number of hydrogen-bond donors (Lipinski definition) is 6. The van der Waals surface area contributed by atoms with Crippen LogP contribution in [0.2, 0.25) is 5.02 Å². The number of nitriles is 1. The molecule has 0 bridgehead atoms. The Morgan fingerprint density at radius 1 is 1.26 bits per heavy atom. The van der Waals surface area contributed by atoms with E-state index in [1.54, 1.807) is 12.1 Å². The summed E-state index contributed by atoms with van der Waals surface area (Å²) in [6.07, 6.45) is 1.41. The lowest BCUT2D eigenvalue weighted by Crippen LogP contribution is -2.42. The Balaban J connectivity index is 0.00000160. The van der Waals surface area contributed by atoms with Crippen molar-refractivity contribution in [3.63, 3.8) is 0 Å². The van der Waals surface area contributed by atoms with Crippen LogP contribution in [-0.2, 0) is 22.3 Å². The lowest BCUT2D eigenvalue weighted by Gasteiger charge is -2.12. The van der Waals surface area contributed by atoms with Crippen molar-refractivity contribution >= 4 is 47.0 Å². The van der Waals surface area contributed by atoms with Crippen molar-refractivity contribution in [1.82, 2.24) is 45.4 Å². The van der Waals surface area contributed by atoms with Crippen molar-refractivity contribution in [2.75, 3.05) is 38.0 Å². The van der Waals surface area contributed by atoms with E-state index in [-0.39, 0.29) is 71.4 Å². The number of halogens is 4. The van der Waals surface area contributed by atoms with Crippen LogP contribution in [0.4, 0.5) is 24.7 Å². The first-order valence-electron chi connectivity index (χ1n) is 14.0. The van der Waals surface area contributed by atoms with Gasteiger partial charge >= 0.3 is 6.18 Å². The van der Waals surface area contributed by atoms with Crippen molar-refractivity contribution in [1.29, 1.82) is 5.26 Å². The summed E-state index contributed by atoms with van der Waals surface area (Å²) < 4.78 is 43.5. The highest BCUT2D eigenvalue weighted by Gasteiger charge is 2.38. The van der Waals surface area contributed by atoms with Crippen LogP contribution in [-0.4, -0.2) is 86.3 Å². The maximum Gasteiger partial charge on any atom is 0.435 e. The van der Waals surface area contributed by atoms with Crippen LogP contribution in [0.5, 0.6) is 0 Å². The van der Waals surface area contributed by atoms with Crippen LogP contribution in [0.15, 0.2) is 43.0 Å². The molecule has 19 heteroatoms. The molecule has 1 fully saturated rings. The lowest BCUT2D eigenvalue weighted by atomic mass is 10.2. The van der Waals surface area contributed by atoms with Gasteiger partial charge in [0.15, 0.2) is 17.2 Å². The topological polar surface area (TPSA) is 203 Å². The second-order valence-corrected chi connectivity index (χ2v) is 10.4. The minimum Gasteiger partial charge on any atom is -0.483 e. The number of nitrogens with zero attached hydrogens (tertiary/aromatic N) is 6. The third-order valence-corrected chi connectivity index (χ3v) is 7.05. The minimum atomic E-state index is -4.75. The summed E-state index contributed by atoms with van der Waals surface area (Å²) in [5, 5.41) is 34.4. The van der Waals surface area contributed by atoms with E-state index in [0.717, 1.165) is 30.4 Å². The number of anilines is 2. The molecule has 0 aliphatic carbocycles. The van der Waals surface area contributed by atoms with Crippen LogP contribution in [0, 0.1) is 11.3 Å². The molecule has 5 rings (SSSR count). The molecule has 4 heterocycles. The highest BCUT2D eigenvalue weighted by atomic mass is 35.5. The predicted octanol–water partition coefficient (Wildman–Crippen LogP) is 2.03. The molecule has 3 aromatic heterocycles. The normalized spacial score (nSPS) is 14.1. The Morgan fingerprint density at radius 2 is 2.04 bits per heavy atom. The Hall–Kier alpha value is -5.25. The van der Waals surface area contributed by atoms with Gasteiger partial charge in [-0.15, -0.1) is 0 Å². The van der Waals surface area contributed by atoms with Gasteiger partial charge in [0.2, 0.25) is 5.91 Å². The molecule has 2 amide bonds. The number of benzene rings is 1. The van der Waals surface area contributed by atoms with Gasteiger partial charge in [0.25, 0.3) is 12.4 Å². The molecule has 1 unspecified atom stereocenters. The first-order valence-corrected chi connectivity index (χ1v) is 14.4. The third kappa shape index (κ3) is 8.94. The number of carboxylic acid groups (broad SMARTS) is 1. The summed E-state index contributed by atoms with van der Waals surface area (Å²) in [4.78, 5) is 41.5. The molecule has 4 aromatic rings. The molecule has 1 aliphatic heterocycles. The highest BCUT2D eigenvalue weighted by molar-refractivity contribution is 6.34. The van der Waals surface area contributed by atoms with Gasteiger partial charge in [-0.2, -0.15) is 23.5 Å².